The van der Waals surface area contributed by atoms with Crippen molar-refractivity contribution in [2.75, 3.05) is 6.61 Å². The molecule has 0 heterocycles. The van der Waals surface area contributed by atoms with Gasteiger partial charge in [0, 0.05) is 11.6 Å². The molecule has 0 bridgehead atoms. The second-order valence-corrected chi connectivity index (χ2v) is 5.57. The Hall–Kier alpha value is -3.02. The van der Waals surface area contributed by atoms with Crippen molar-refractivity contribution in [3.63, 3.8) is 0 Å². The van der Waals surface area contributed by atoms with Crippen LogP contribution in [0.3, 0.4) is 0 Å². The molecule has 6 heteroatoms. The Bertz CT molecular complexity index is 727. The molecule has 0 fully saturated rings. The third kappa shape index (κ3) is 6.18. The van der Waals surface area contributed by atoms with E-state index in [1.807, 2.05) is 24.3 Å². The van der Waals surface area contributed by atoms with E-state index in [0.717, 1.165) is 19.3 Å². The Morgan fingerprint density at radius 1 is 1.20 bits per heavy atom. The first-order chi connectivity index (χ1) is 12.1. The predicted molar refractivity (Wildman–Crippen MR) is 96.1 cm³/mol. The summed E-state index contributed by atoms with van der Waals surface area (Å²) in [5.74, 6) is 0.0327. The van der Waals surface area contributed by atoms with Gasteiger partial charge in [0.05, 0.1) is 6.21 Å². The van der Waals surface area contributed by atoms with Gasteiger partial charge in [0.1, 0.15) is 17.2 Å². The number of amides is 1. The fourth-order valence-corrected chi connectivity index (χ4v) is 2.13. The van der Waals surface area contributed by atoms with Crippen molar-refractivity contribution in [1.82, 2.24) is 5.43 Å². The van der Waals surface area contributed by atoms with Gasteiger partial charge in [0.15, 0.2) is 6.61 Å². The maximum Gasteiger partial charge on any atom is 0.277 e. The fourth-order valence-electron chi connectivity index (χ4n) is 2.13. The van der Waals surface area contributed by atoms with Crippen LogP contribution in [0.1, 0.15) is 30.9 Å². The van der Waals surface area contributed by atoms with Gasteiger partial charge in [0.2, 0.25) is 0 Å². The number of carbonyl (C=O) groups is 1. The summed E-state index contributed by atoms with van der Waals surface area (Å²) in [5, 5.41) is 22.5. The molecular formula is C19H22N2O4. The number of carbonyl (C=O) groups excluding carboxylic acids is 1. The maximum absolute atomic E-state index is 11.7. The van der Waals surface area contributed by atoms with E-state index < -0.39 is 5.91 Å². The Labute approximate surface area is 146 Å². The molecule has 2 aromatic carbocycles. The average Bonchev–Trinajstić information content (AvgIpc) is 2.61. The van der Waals surface area contributed by atoms with Crippen LogP contribution in [-0.4, -0.2) is 28.9 Å². The van der Waals surface area contributed by atoms with Crippen molar-refractivity contribution < 1.29 is 19.7 Å². The highest BCUT2D eigenvalue weighted by Gasteiger charge is 2.03. The molecule has 6 nitrogen and oxygen atoms in total. The first kappa shape index (κ1) is 18.3. The van der Waals surface area contributed by atoms with E-state index in [9.17, 15) is 15.0 Å². The van der Waals surface area contributed by atoms with E-state index in [4.69, 9.17) is 4.74 Å². The molecule has 0 atom stereocenters. The highest BCUT2D eigenvalue weighted by molar-refractivity contribution is 5.85. The van der Waals surface area contributed by atoms with E-state index in [2.05, 4.69) is 17.5 Å². The number of hydrogen-bond acceptors (Lipinski definition) is 5. The van der Waals surface area contributed by atoms with Gasteiger partial charge in [-0.05, 0) is 42.7 Å². The van der Waals surface area contributed by atoms with Gasteiger partial charge in [-0.25, -0.2) is 5.43 Å². The minimum absolute atomic E-state index is 0.0483. The van der Waals surface area contributed by atoms with E-state index in [0.29, 0.717) is 11.3 Å². The highest BCUT2D eigenvalue weighted by Crippen LogP contribution is 2.20. The summed E-state index contributed by atoms with van der Waals surface area (Å²) in [7, 11) is 0. The molecule has 2 rings (SSSR count). The van der Waals surface area contributed by atoms with E-state index in [1.165, 1.54) is 30.0 Å². The summed E-state index contributed by atoms with van der Waals surface area (Å²) in [5.41, 5.74) is 3.94. The molecule has 132 valence electrons. The second kappa shape index (κ2) is 9.32. The zero-order valence-electron chi connectivity index (χ0n) is 14.1. The molecular weight excluding hydrogens is 320 g/mol. The smallest absolute Gasteiger partial charge is 0.277 e. The van der Waals surface area contributed by atoms with Crippen LogP contribution in [0.2, 0.25) is 0 Å². The number of nitrogens with one attached hydrogen (secondary N) is 1. The average molecular weight is 342 g/mol. The second-order valence-electron chi connectivity index (χ2n) is 5.57. The van der Waals surface area contributed by atoms with E-state index >= 15 is 0 Å². The molecule has 3 N–H and O–H groups in total. The lowest BCUT2D eigenvalue weighted by atomic mass is 10.1. The van der Waals surface area contributed by atoms with Gasteiger partial charge >= 0.3 is 0 Å². The number of unbranched alkanes of at least 4 members (excludes halogenated alkanes) is 1. The molecule has 0 aliphatic carbocycles. The largest absolute Gasteiger partial charge is 0.508 e. The monoisotopic (exact) mass is 342 g/mol. The van der Waals surface area contributed by atoms with Crippen LogP contribution in [0.15, 0.2) is 47.6 Å². The number of benzene rings is 2. The Morgan fingerprint density at radius 2 is 1.96 bits per heavy atom. The number of hydrogen-bond donors (Lipinski definition) is 3. The first-order valence-corrected chi connectivity index (χ1v) is 8.14. The van der Waals surface area contributed by atoms with Crippen molar-refractivity contribution in [1.29, 1.82) is 0 Å². The number of phenolic OH excluding ortho intramolecular Hbond substituents is 2. The lowest BCUT2D eigenvalue weighted by Crippen LogP contribution is -2.24. The topological polar surface area (TPSA) is 91.2 Å². The normalized spacial score (nSPS) is 10.8. The number of aryl methyl sites for hydroxylation is 1. The van der Waals surface area contributed by atoms with Gasteiger partial charge in [-0.3, -0.25) is 4.79 Å². The quantitative estimate of drug-likeness (QED) is 0.508. The Kier molecular flexibility index (Phi) is 6.83. The van der Waals surface area contributed by atoms with Crippen LogP contribution in [0.5, 0.6) is 17.2 Å². The van der Waals surface area contributed by atoms with Crippen molar-refractivity contribution in [2.24, 2.45) is 5.10 Å². The molecule has 0 aromatic heterocycles. The molecule has 1 amide bonds. The number of nitrogens with zero attached hydrogens (tertiary/aromatic N) is 1. The SMILES string of the molecule is CCCCc1ccc(OCC(=O)N/N=C\c2ccc(O)cc2O)cc1. The third-order valence-electron chi connectivity index (χ3n) is 3.52. The van der Waals surface area contributed by atoms with Gasteiger partial charge in [-0.1, -0.05) is 25.5 Å². The molecule has 25 heavy (non-hydrogen) atoms. The standard InChI is InChI=1S/C19H22N2O4/c1-2-3-4-14-5-9-17(10-6-14)25-13-19(24)21-20-12-15-7-8-16(22)11-18(15)23/h5-12,22-23H,2-4,13H2,1H3,(H,21,24)/b20-12-. The molecule has 0 spiro atoms. The molecule has 2 aromatic rings. The minimum Gasteiger partial charge on any atom is -0.508 e. The van der Waals surface area contributed by atoms with Crippen LogP contribution in [0.25, 0.3) is 0 Å². The zero-order chi connectivity index (χ0) is 18.1. The van der Waals surface area contributed by atoms with Crippen LogP contribution >= 0.6 is 0 Å². The fraction of sp³-hybridized carbons (Fsp3) is 0.263. The first-order valence-electron chi connectivity index (χ1n) is 8.14. The lowest BCUT2D eigenvalue weighted by Gasteiger charge is -2.06. The van der Waals surface area contributed by atoms with Crippen molar-refractivity contribution >= 4 is 12.1 Å². The molecule has 0 aliphatic heterocycles. The van der Waals surface area contributed by atoms with Crippen LogP contribution in [-0.2, 0) is 11.2 Å². The van der Waals surface area contributed by atoms with E-state index in [-0.39, 0.29) is 18.1 Å². The van der Waals surface area contributed by atoms with Crippen molar-refractivity contribution in [3.8, 4) is 17.2 Å². The maximum atomic E-state index is 11.7. The number of aromatic hydroxyl groups is 2. The molecule has 0 saturated heterocycles. The highest BCUT2D eigenvalue weighted by atomic mass is 16.5. The van der Waals surface area contributed by atoms with Crippen LogP contribution < -0.4 is 10.2 Å². The van der Waals surface area contributed by atoms with Crippen molar-refractivity contribution in [2.45, 2.75) is 26.2 Å². The summed E-state index contributed by atoms with van der Waals surface area (Å²) >= 11 is 0. The summed E-state index contributed by atoms with van der Waals surface area (Å²) in [6, 6.07) is 11.8. The number of ether oxygens (including phenoxy) is 1. The lowest BCUT2D eigenvalue weighted by molar-refractivity contribution is -0.123. The van der Waals surface area contributed by atoms with Gasteiger partial charge < -0.3 is 14.9 Å². The summed E-state index contributed by atoms with van der Waals surface area (Å²) < 4.78 is 5.40. The van der Waals surface area contributed by atoms with E-state index in [1.54, 1.807) is 0 Å². The van der Waals surface area contributed by atoms with Crippen LogP contribution in [0.4, 0.5) is 0 Å². The zero-order valence-corrected chi connectivity index (χ0v) is 14.1. The summed E-state index contributed by atoms with van der Waals surface area (Å²) in [4.78, 5) is 11.7. The molecule has 0 unspecified atom stereocenters. The minimum atomic E-state index is -0.412. The predicted octanol–water partition coefficient (Wildman–Crippen LogP) is 2.97. The Morgan fingerprint density at radius 3 is 2.64 bits per heavy atom. The third-order valence-corrected chi connectivity index (χ3v) is 3.52. The molecule has 0 radical (unpaired) electrons. The summed E-state index contributed by atoms with van der Waals surface area (Å²) in [6.07, 6.45) is 4.63. The van der Waals surface area contributed by atoms with Gasteiger partial charge in [-0.2, -0.15) is 5.10 Å². The molecule has 0 saturated carbocycles. The number of rotatable bonds is 8. The van der Waals surface area contributed by atoms with Gasteiger partial charge in [-0.15, -0.1) is 0 Å². The number of hydrazone groups is 1. The summed E-state index contributed by atoms with van der Waals surface area (Å²) in [6.45, 7) is 1.99. The number of phenols is 2. The van der Waals surface area contributed by atoms with Gasteiger partial charge in [0.25, 0.3) is 5.91 Å². The Balaban J connectivity index is 1.77. The van der Waals surface area contributed by atoms with Crippen molar-refractivity contribution in [3.05, 3.63) is 53.6 Å². The van der Waals surface area contributed by atoms with Crippen LogP contribution in [0, 0.1) is 0 Å². The molecule has 0 aliphatic rings.